The van der Waals surface area contributed by atoms with Crippen LogP contribution in [0, 0.1) is 0 Å². The van der Waals surface area contributed by atoms with Gasteiger partial charge in [-0.2, -0.15) is 0 Å². The topological polar surface area (TPSA) is 59.1 Å². The highest BCUT2D eigenvalue weighted by atomic mass is 16.5. The van der Waals surface area contributed by atoms with E-state index < -0.39 is 0 Å². The monoisotopic (exact) mass is 701 g/mol. The fourth-order valence-corrected chi connectivity index (χ4v) is 6.65. The lowest BCUT2D eigenvalue weighted by Gasteiger charge is -2.20. The predicted molar refractivity (Wildman–Crippen MR) is 213 cm³/mol. The summed E-state index contributed by atoms with van der Waals surface area (Å²) in [5, 5.41) is 0. The number of hydrogen-bond acceptors (Lipinski definition) is 6. The second kappa shape index (κ2) is 34.2. The molecule has 1 aromatic rings. The van der Waals surface area contributed by atoms with Crippen molar-refractivity contribution in [2.45, 2.75) is 182 Å². The maximum atomic E-state index is 12.7. The molecule has 6 heteroatoms. The summed E-state index contributed by atoms with van der Waals surface area (Å²) >= 11 is 0. The molecular formula is C44H80N2O4. The van der Waals surface area contributed by atoms with Crippen molar-refractivity contribution in [1.29, 1.82) is 0 Å². The zero-order valence-corrected chi connectivity index (χ0v) is 33.5. The van der Waals surface area contributed by atoms with E-state index in [0.29, 0.717) is 24.3 Å². The van der Waals surface area contributed by atoms with Gasteiger partial charge < -0.3 is 19.3 Å². The standard InChI is InChI=1S/C44H80N2O4/c1-5-9-11-13-15-17-19-21-23-25-34-45(7-3)36-27-29-38-49-43(47)41-32-31-33-42(40-41)44(48)50-39-30-28-37-46(8-4)35-26-24-22-20-18-16-14-12-10-6-2/h31-33,40H,5-30,34-39H2,1-4H3. The molecule has 0 aliphatic heterocycles. The van der Waals surface area contributed by atoms with E-state index in [1.165, 1.54) is 128 Å². The molecule has 0 spiro atoms. The molecule has 0 atom stereocenters. The van der Waals surface area contributed by atoms with E-state index in [9.17, 15) is 9.59 Å². The van der Waals surface area contributed by atoms with Crippen LogP contribution in [-0.2, 0) is 9.47 Å². The Bertz CT molecular complexity index is 854. The molecule has 0 aliphatic rings. The van der Waals surface area contributed by atoms with Crippen LogP contribution in [0.1, 0.15) is 203 Å². The van der Waals surface area contributed by atoms with Gasteiger partial charge in [0, 0.05) is 0 Å². The summed E-state index contributed by atoms with van der Waals surface area (Å²) in [5.41, 5.74) is 0.808. The van der Waals surface area contributed by atoms with Gasteiger partial charge in [-0.3, -0.25) is 0 Å². The number of rotatable bonds is 36. The Kier molecular flexibility index (Phi) is 31.5. The summed E-state index contributed by atoms with van der Waals surface area (Å²) in [6.07, 6.45) is 31.0. The smallest absolute Gasteiger partial charge is 0.338 e. The summed E-state index contributed by atoms with van der Waals surface area (Å²) in [7, 11) is 0. The van der Waals surface area contributed by atoms with Gasteiger partial charge in [-0.05, 0) is 96.0 Å². The van der Waals surface area contributed by atoms with Crippen molar-refractivity contribution in [3.8, 4) is 0 Å². The fraction of sp³-hybridized carbons (Fsp3) is 0.818. The molecule has 50 heavy (non-hydrogen) atoms. The molecule has 0 radical (unpaired) electrons. The summed E-state index contributed by atoms with van der Waals surface area (Å²) in [5.74, 6) is -0.751. The molecule has 290 valence electrons. The number of carbonyl (C=O) groups is 2. The first-order valence-electron chi connectivity index (χ1n) is 21.4. The van der Waals surface area contributed by atoms with E-state index >= 15 is 0 Å². The Labute approximate surface area is 309 Å². The van der Waals surface area contributed by atoms with Crippen LogP contribution in [0.3, 0.4) is 0 Å². The van der Waals surface area contributed by atoms with Crippen molar-refractivity contribution < 1.29 is 19.1 Å². The van der Waals surface area contributed by atoms with Crippen LogP contribution in [0.4, 0.5) is 0 Å². The van der Waals surface area contributed by atoms with E-state index in [0.717, 1.165) is 65.0 Å². The van der Waals surface area contributed by atoms with Crippen LogP contribution in [0.25, 0.3) is 0 Å². The summed E-state index contributed by atoms with van der Waals surface area (Å²) in [6, 6.07) is 6.74. The van der Waals surface area contributed by atoms with E-state index in [1.807, 2.05) is 0 Å². The minimum Gasteiger partial charge on any atom is -0.462 e. The largest absolute Gasteiger partial charge is 0.462 e. The number of carbonyl (C=O) groups excluding carboxylic acids is 2. The van der Waals surface area contributed by atoms with Gasteiger partial charge in [0.15, 0.2) is 0 Å². The normalized spacial score (nSPS) is 11.5. The highest BCUT2D eigenvalue weighted by Crippen LogP contribution is 2.13. The molecule has 0 heterocycles. The Balaban J connectivity index is 2.14. The number of benzene rings is 1. The number of esters is 2. The van der Waals surface area contributed by atoms with Crippen molar-refractivity contribution in [1.82, 2.24) is 9.80 Å². The van der Waals surface area contributed by atoms with E-state index in [2.05, 4.69) is 37.5 Å². The summed E-state index contributed by atoms with van der Waals surface area (Å²) in [4.78, 5) is 30.4. The van der Waals surface area contributed by atoms with E-state index in [1.54, 1.807) is 24.3 Å². The first kappa shape index (κ1) is 46.1. The number of hydrogen-bond donors (Lipinski definition) is 0. The molecule has 0 N–H and O–H groups in total. The van der Waals surface area contributed by atoms with Gasteiger partial charge in [0.05, 0.1) is 24.3 Å². The molecule has 1 aromatic carbocycles. The molecule has 0 aliphatic carbocycles. The van der Waals surface area contributed by atoms with Crippen LogP contribution in [-0.4, -0.2) is 74.2 Å². The first-order valence-corrected chi connectivity index (χ1v) is 21.4. The lowest BCUT2D eigenvalue weighted by molar-refractivity contribution is 0.0493. The van der Waals surface area contributed by atoms with Gasteiger partial charge in [-0.1, -0.05) is 149 Å². The van der Waals surface area contributed by atoms with Gasteiger partial charge in [0.2, 0.25) is 0 Å². The molecule has 0 saturated carbocycles. The average Bonchev–Trinajstić information content (AvgIpc) is 3.14. The van der Waals surface area contributed by atoms with E-state index in [4.69, 9.17) is 9.47 Å². The zero-order valence-electron chi connectivity index (χ0n) is 33.5. The van der Waals surface area contributed by atoms with Crippen molar-refractivity contribution in [2.75, 3.05) is 52.5 Å². The van der Waals surface area contributed by atoms with Gasteiger partial charge in [-0.25, -0.2) is 9.59 Å². The van der Waals surface area contributed by atoms with Crippen LogP contribution < -0.4 is 0 Å². The Hall–Kier alpha value is -1.92. The maximum Gasteiger partial charge on any atom is 0.338 e. The van der Waals surface area contributed by atoms with Gasteiger partial charge in [0.25, 0.3) is 0 Å². The second-order valence-corrected chi connectivity index (χ2v) is 14.5. The van der Waals surface area contributed by atoms with Crippen molar-refractivity contribution in [2.24, 2.45) is 0 Å². The number of nitrogens with zero attached hydrogens (tertiary/aromatic N) is 2. The van der Waals surface area contributed by atoms with Gasteiger partial charge >= 0.3 is 11.9 Å². The maximum absolute atomic E-state index is 12.7. The SMILES string of the molecule is CCCCCCCCCCCCN(CC)CCCCOC(=O)c1cccc(C(=O)OCCCCN(CC)CCCCCCCCCCCC)c1. The predicted octanol–water partition coefficient (Wildman–Crippen LogP) is 12.0. The van der Waals surface area contributed by atoms with Crippen LogP contribution in [0.5, 0.6) is 0 Å². The zero-order chi connectivity index (χ0) is 36.3. The molecule has 6 nitrogen and oxygen atoms in total. The molecule has 0 amide bonds. The highest BCUT2D eigenvalue weighted by Gasteiger charge is 2.13. The van der Waals surface area contributed by atoms with Gasteiger partial charge in [0.1, 0.15) is 0 Å². The number of ether oxygens (including phenoxy) is 2. The minimum absolute atomic E-state index is 0.376. The summed E-state index contributed by atoms with van der Waals surface area (Å²) in [6.45, 7) is 16.4. The van der Waals surface area contributed by atoms with E-state index in [-0.39, 0.29) is 11.9 Å². The molecule has 0 fully saturated rings. The molecular weight excluding hydrogens is 620 g/mol. The molecule has 1 rings (SSSR count). The van der Waals surface area contributed by atoms with Crippen LogP contribution in [0.15, 0.2) is 24.3 Å². The molecule has 0 unspecified atom stereocenters. The Morgan fingerprint density at radius 1 is 0.440 bits per heavy atom. The molecule has 0 aromatic heterocycles. The minimum atomic E-state index is -0.376. The van der Waals surface area contributed by atoms with Crippen molar-refractivity contribution >= 4 is 11.9 Å². The summed E-state index contributed by atoms with van der Waals surface area (Å²) < 4.78 is 11.1. The first-order chi connectivity index (χ1) is 24.5. The van der Waals surface area contributed by atoms with Crippen LogP contribution in [0.2, 0.25) is 0 Å². The lowest BCUT2D eigenvalue weighted by atomic mass is 10.1. The highest BCUT2D eigenvalue weighted by molar-refractivity contribution is 5.95. The third-order valence-corrected chi connectivity index (χ3v) is 10.1. The fourth-order valence-electron chi connectivity index (χ4n) is 6.65. The Morgan fingerprint density at radius 2 is 0.740 bits per heavy atom. The quantitative estimate of drug-likeness (QED) is 0.0513. The van der Waals surface area contributed by atoms with Gasteiger partial charge in [-0.15, -0.1) is 0 Å². The molecule has 0 bridgehead atoms. The van der Waals surface area contributed by atoms with Crippen molar-refractivity contribution in [3.05, 3.63) is 35.4 Å². The average molecular weight is 701 g/mol. The molecule has 0 saturated heterocycles. The second-order valence-electron chi connectivity index (χ2n) is 14.5. The number of unbranched alkanes of at least 4 members (excludes halogenated alkanes) is 20. The third kappa shape index (κ3) is 25.9. The van der Waals surface area contributed by atoms with Crippen molar-refractivity contribution in [3.63, 3.8) is 0 Å². The van der Waals surface area contributed by atoms with Crippen LogP contribution >= 0.6 is 0 Å². The lowest BCUT2D eigenvalue weighted by Crippen LogP contribution is -2.26. The third-order valence-electron chi connectivity index (χ3n) is 10.1. The Morgan fingerprint density at radius 3 is 1.06 bits per heavy atom.